The molecule has 4 rings (SSSR count). The molecule has 1 saturated carbocycles. The van der Waals surface area contributed by atoms with E-state index in [1.54, 1.807) is 0 Å². The molecule has 188 valence electrons. The molecule has 0 unspecified atom stereocenters. The molecule has 0 bridgehead atoms. The molecule has 0 aromatic carbocycles. The van der Waals surface area contributed by atoms with Crippen LogP contribution in [0.2, 0.25) is 0 Å². The predicted octanol–water partition coefficient (Wildman–Crippen LogP) is 2.40. The van der Waals surface area contributed by atoms with Crippen molar-refractivity contribution in [2.45, 2.75) is 81.4 Å². The number of amides is 1. The van der Waals surface area contributed by atoms with Gasteiger partial charge in [-0.1, -0.05) is 6.07 Å². The van der Waals surface area contributed by atoms with Crippen molar-refractivity contribution in [2.75, 3.05) is 33.0 Å². The maximum atomic E-state index is 12.0. The van der Waals surface area contributed by atoms with Gasteiger partial charge in [0.1, 0.15) is 6.61 Å². The summed E-state index contributed by atoms with van der Waals surface area (Å²) in [6, 6.07) is 5.96. The maximum Gasteiger partial charge on any atom is 0.303 e. The number of aliphatic carboxylic acids is 1. The maximum absolute atomic E-state index is 12.0. The highest BCUT2D eigenvalue weighted by Gasteiger charge is 2.45. The monoisotopic (exact) mass is 475 g/mol. The molecule has 3 aliphatic rings. The lowest BCUT2D eigenvalue weighted by Crippen LogP contribution is -2.70. The van der Waals surface area contributed by atoms with Crippen LogP contribution in [0.25, 0.3) is 0 Å². The molecule has 9 heteroatoms. The summed E-state index contributed by atoms with van der Waals surface area (Å²) in [5.41, 5.74) is 0.694. The number of ether oxygens (including phenoxy) is 3. The van der Waals surface area contributed by atoms with E-state index in [0.29, 0.717) is 44.5 Å². The number of nitrogens with one attached hydrogen (secondary N) is 2. The van der Waals surface area contributed by atoms with Crippen LogP contribution >= 0.6 is 0 Å². The number of piperidine rings is 1. The first-order valence-corrected chi connectivity index (χ1v) is 12.6. The van der Waals surface area contributed by atoms with E-state index in [2.05, 4.69) is 16.7 Å². The molecule has 1 amide bonds. The SMILES string of the molecule is O=C(O)CCCCOc1cccc(C2CCC(OC[C@H]3NCCC[C@@]34COCC(=O)N4)CC2)n1. The van der Waals surface area contributed by atoms with Gasteiger partial charge in [0.2, 0.25) is 11.8 Å². The summed E-state index contributed by atoms with van der Waals surface area (Å²) in [7, 11) is 0. The minimum atomic E-state index is -0.774. The van der Waals surface area contributed by atoms with Crippen LogP contribution in [0.3, 0.4) is 0 Å². The van der Waals surface area contributed by atoms with Gasteiger partial charge in [-0.3, -0.25) is 9.59 Å². The normalized spacial score (nSPS) is 29.5. The van der Waals surface area contributed by atoms with Gasteiger partial charge < -0.3 is 30.0 Å². The molecular weight excluding hydrogens is 438 g/mol. The lowest BCUT2D eigenvalue weighted by Gasteiger charge is -2.47. The van der Waals surface area contributed by atoms with Crippen LogP contribution in [0.1, 0.15) is 69.4 Å². The zero-order valence-corrected chi connectivity index (χ0v) is 19.8. The number of pyridine rings is 1. The number of nitrogens with zero attached hydrogens (tertiary/aromatic N) is 1. The van der Waals surface area contributed by atoms with Gasteiger partial charge in [0.05, 0.1) is 37.5 Å². The molecule has 3 fully saturated rings. The molecule has 1 spiro atoms. The van der Waals surface area contributed by atoms with E-state index in [9.17, 15) is 9.59 Å². The third-order valence-electron chi connectivity index (χ3n) is 7.21. The van der Waals surface area contributed by atoms with Gasteiger partial charge in [-0.2, -0.15) is 0 Å². The number of unbranched alkanes of at least 4 members (excludes halogenated alkanes) is 1. The fraction of sp³-hybridized carbons (Fsp3) is 0.720. The predicted molar refractivity (Wildman–Crippen MR) is 125 cm³/mol. The fourth-order valence-corrected chi connectivity index (χ4v) is 5.32. The molecule has 9 nitrogen and oxygen atoms in total. The Morgan fingerprint density at radius 3 is 2.88 bits per heavy atom. The molecule has 2 saturated heterocycles. The molecule has 34 heavy (non-hydrogen) atoms. The zero-order chi connectivity index (χ0) is 23.8. The number of rotatable bonds is 10. The second kappa shape index (κ2) is 12.0. The summed E-state index contributed by atoms with van der Waals surface area (Å²) in [5.74, 6) is 0.181. The van der Waals surface area contributed by atoms with Gasteiger partial charge in [0.15, 0.2) is 0 Å². The molecule has 3 N–H and O–H groups in total. The highest BCUT2D eigenvalue weighted by Crippen LogP contribution is 2.34. The topological polar surface area (TPSA) is 119 Å². The van der Waals surface area contributed by atoms with E-state index in [1.807, 2.05) is 12.1 Å². The number of carbonyl (C=O) groups is 2. The smallest absolute Gasteiger partial charge is 0.303 e. The third-order valence-corrected chi connectivity index (χ3v) is 7.21. The number of hydrogen-bond acceptors (Lipinski definition) is 7. The van der Waals surface area contributed by atoms with Crippen LogP contribution < -0.4 is 15.4 Å². The molecule has 2 aliphatic heterocycles. The quantitative estimate of drug-likeness (QED) is 0.442. The van der Waals surface area contributed by atoms with Gasteiger partial charge in [-0.15, -0.1) is 0 Å². The van der Waals surface area contributed by atoms with Crippen LogP contribution in [-0.2, 0) is 19.1 Å². The zero-order valence-electron chi connectivity index (χ0n) is 19.8. The van der Waals surface area contributed by atoms with Crippen LogP contribution in [0.15, 0.2) is 18.2 Å². The Hall–Kier alpha value is -2.23. The van der Waals surface area contributed by atoms with Crippen molar-refractivity contribution in [2.24, 2.45) is 0 Å². The van der Waals surface area contributed by atoms with Gasteiger partial charge in [-0.25, -0.2) is 4.98 Å². The number of carboxylic acids is 1. The summed E-state index contributed by atoms with van der Waals surface area (Å²) >= 11 is 0. The van der Waals surface area contributed by atoms with E-state index < -0.39 is 5.97 Å². The Labute approximate surface area is 200 Å². The molecule has 1 aromatic rings. The summed E-state index contributed by atoms with van der Waals surface area (Å²) in [6.45, 7) is 2.66. The Balaban J connectivity index is 1.21. The molecule has 0 radical (unpaired) electrons. The van der Waals surface area contributed by atoms with E-state index in [1.165, 1.54) is 0 Å². The van der Waals surface area contributed by atoms with Gasteiger partial charge in [0.25, 0.3) is 0 Å². The molecule has 1 aromatic heterocycles. The largest absolute Gasteiger partial charge is 0.481 e. The Bertz CT molecular complexity index is 825. The lowest BCUT2D eigenvalue weighted by molar-refractivity contribution is -0.139. The van der Waals surface area contributed by atoms with Crippen molar-refractivity contribution in [3.05, 3.63) is 23.9 Å². The van der Waals surface area contributed by atoms with Crippen LogP contribution in [-0.4, -0.2) is 72.6 Å². The fourth-order valence-electron chi connectivity index (χ4n) is 5.32. The number of aromatic nitrogens is 1. The number of hydrogen-bond donors (Lipinski definition) is 3. The Morgan fingerprint density at radius 1 is 1.24 bits per heavy atom. The summed E-state index contributed by atoms with van der Waals surface area (Å²) in [5, 5.41) is 15.4. The third kappa shape index (κ3) is 6.67. The average molecular weight is 476 g/mol. The molecule has 2 atom stereocenters. The second-order valence-corrected chi connectivity index (χ2v) is 9.71. The Morgan fingerprint density at radius 2 is 2.09 bits per heavy atom. The molecular formula is C25H37N3O6. The van der Waals surface area contributed by atoms with Crippen LogP contribution in [0.5, 0.6) is 5.88 Å². The summed E-state index contributed by atoms with van der Waals surface area (Å²) < 4.78 is 17.6. The van der Waals surface area contributed by atoms with Gasteiger partial charge in [-0.05, 0) is 64.0 Å². The number of carboxylic acid groups (broad SMARTS) is 1. The number of carbonyl (C=O) groups excluding carboxylic acids is 1. The van der Waals surface area contributed by atoms with Crippen LogP contribution in [0.4, 0.5) is 0 Å². The van der Waals surface area contributed by atoms with Crippen molar-refractivity contribution in [1.82, 2.24) is 15.6 Å². The van der Waals surface area contributed by atoms with Crippen molar-refractivity contribution in [3.63, 3.8) is 0 Å². The minimum absolute atomic E-state index is 0.0422. The standard InChI is InChI=1S/C25H37N3O6/c29-22-16-32-17-25(28-22)12-4-13-26-21(25)15-34-19-10-8-18(9-11-19)20-5-3-6-23(27-20)33-14-2-1-7-24(30)31/h3,5-6,18-19,21,26H,1-2,4,7-17H2,(H,28,29)(H,30,31)/t18?,19?,21-,25-/m1/s1. The van der Waals surface area contributed by atoms with E-state index in [-0.39, 0.29) is 36.6 Å². The molecule has 1 aliphatic carbocycles. The average Bonchev–Trinajstić information content (AvgIpc) is 2.84. The number of morpholine rings is 1. The first-order chi connectivity index (χ1) is 16.5. The summed E-state index contributed by atoms with van der Waals surface area (Å²) in [6.07, 6.45) is 7.62. The highest BCUT2D eigenvalue weighted by atomic mass is 16.5. The summed E-state index contributed by atoms with van der Waals surface area (Å²) in [4.78, 5) is 27.2. The minimum Gasteiger partial charge on any atom is -0.481 e. The lowest BCUT2D eigenvalue weighted by atomic mass is 9.82. The van der Waals surface area contributed by atoms with Crippen molar-refractivity contribution in [3.8, 4) is 5.88 Å². The van der Waals surface area contributed by atoms with Gasteiger partial charge in [0, 0.05) is 24.1 Å². The highest BCUT2D eigenvalue weighted by molar-refractivity contribution is 5.79. The first-order valence-electron chi connectivity index (χ1n) is 12.6. The molecule has 3 heterocycles. The van der Waals surface area contributed by atoms with E-state index >= 15 is 0 Å². The second-order valence-electron chi connectivity index (χ2n) is 9.71. The Kier molecular flexibility index (Phi) is 8.74. The van der Waals surface area contributed by atoms with E-state index in [4.69, 9.17) is 24.3 Å². The van der Waals surface area contributed by atoms with Crippen LogP contribution in [0, 0.1) is 0 Å². The van der Waals surface area contributed by atoms with Crippen molar-refractivity contribution < 1.29 is 28.9 Å². The van der Waals surface area contributed by atoms with E-state index in [0.717, 1.165) is 50.8 Å². The van der Waals surface area contributed by atoms with Gasteiger partial charge >= 0.3 is 5.97 Å². The van der Waals surface area contributed by atoms with Crippen molar-refractivity contribution in [1.29, 1.82) is 0 Å². The van der Waals surface area contributed by atoms with Crippen molar-refractivity contribution >= 4 is 11.9 Å². The first kappa shape index (κ1) is 24.9.